The molecule has 0 radical (unpaired) electrons. The Kier molecular flexibility index (Phi) is 10.6. The largest absolute Gasteiger partial charge is 0.443 e. The second-order valence-electron chi connectivity index (χ2n) is 11.9. The molecule has 0 bridgehead atoms. The van der Waals surface area contributed by atoms with E-state index in [2.05, 4.69) is 16.0 Å². The van der Waals surface area contributed by atoms with Gasteiger partial charge in [0.1, 0.15) is 32.8 Å². The number of halogens is 2. The summed E-state index contributed by atoms with van der Waals surface area (Å²) in [6.45, 7) is 11.0. The van der Waals surface area contributed by atoms with Crippen molar-refractivity contribution < 1.29 is 37.4 Å². The second kappa shape index (κ2) is 13.6. The molecular formula is C30H37F2N5O6S. The predicted octanol–water partition coefficient (Wildman–Crippen LogP) is 6.24. The number of ether oxygens (including phenoxy) is 2. The maximum absolute atomic E-state index is 14.9. The lowest BCUT2D eigenvalue weighted by Gasteiger charge is -2.36. The number of benzene rings is 2. The Hall–Kier alpha value is -4.20. The Morgan fingerprint density at radius 3 is 2.07 bits per heavy atom. The summed E-state index contributed by atoms with van der Waals surface area (Å²) in [6.07, 6.45) is -1.68. The molecule has 3 rings (SSSR count). The number of hydrogen-bond donors (Lipinski definition) is 2. The van der Waals surface area contributed by atoms with Gasteiger partial charge in [0.25, 0.3) is 0 Å². The summed E-state index contributed by atoms with van der Waals surface area (Å²) < 4.78 is 40.0. The van der Waals surface area contributed by atoms with E-state index in [1.165, 1.54) is 6.92 Å². The molecule has 1 atom stereocenters. The number of rotatable bonds is 6. The maximum atomic E-state index is 14.9. The summed E-state index contributed by atoms with van der Waals surface area (Å²) >= 11 is 0.991. The van der Waals surface area contributed by atoms with Gasteiger partial charge in [-0.2, -0.15) is 10.1 Å². The van der Waals surface area contributed by atoms with Crippen LogP contribution in [0.1, 0.15) is 72.4 Å². The van der Waals surface area contributed by atoms with Crippen molar-refractivity contribution >= 4 is 40.9 Å². The first-order valence-corrected chi connectivity index (χ1v) is 14.6. The van der Waals surface area contributed by atoms with Gasteiger partial charge in [-0.05, 0) is 78.1 Å². The van der Waals surface area contributed by atoms with Crippen LogP contribution < -0.4 is 10.9 Å². The van der Waals surface area contributed by atoms with Crippen LogP contribution in [-0.2, 0) is 19.1 Å². The lowest BCUT2D eigenvalue weighted by atomic mass is 10.0. The average Bonchev–Trinajstić information content (AvgIpc) is 3.30. The standard InChI is InChI=1S/C30H37F2N5O6S/c1-19(38)33-34-25(39)37-30(20-12-9-8-10-13-20,44-24(35-37)22-18-21(31)14-15-23(22)32)16-11-17-36(26(40)42-28(2,3)4)27(41)43-29(5,6)7/h8-10,12-15,18H,11,16-17H2,1-7H3,(H,33,38)(H,34,39). The second-order valence-corrected chi connectivity index (χ2v) is 13.2. The summed E-state index contributed by atoms with van der Waals surface area (Å²) in [6, 6.07) is 10.7. The summed E-state index contributed by atoms with van der Waals surface area (Å²) in [5.74, 6) is -2.02. The Morgan fingerprint density at radius 2 is 1.52 bits per heavy atom. The Balaban J connectivity index is 2.03. The smallest absolute Gasteiger partial charge is 0.419 e. The van der Waals surface area contributed by atoms with Gasteiger partial charge < -0.3 is 9.47 Å². The molecule has 0 spiro atoms. The molecule has 0 fully saturated rings. The van der Waals surface area contributed by atoms with Crippen LogP contribution in [0.5, 0.6) is 0 Å². The summed E-state index contributed by atoms with van der Waals surface area (Å²) in [5.41, 5.74) is 3.06. The molecule has 0 saturated carbocycles. The fraction of sp³-hybridized carbons (Fsp3) is 0.433. The van der Waals surface area contributed by atoms with Crippen molar-refractivity contribution in [3.05, 3.63) is 71.3 Å². The molecule has 2 N–H and O–H groups in total. The van der Waals surface area contributed by atoms with Crippen LogP contribution in [0.25, 0.3) is 0 Å². The van der Waals surface area contributed by atoms with E-state index >= 15 is 0 Å². The quantitative estimate of drug-likeness (QED) is 0.360. The number of hydrazone groups is 1. The van der Waals surface area contributed by atoms with E-state index in [0.29, 0.717) is 5.56 Å². The number of amides is 5. The van der Waals surface area contributed by atoms with Gasteiger partial charge in [0.15, 0.2) is 0 Å². The molecule has 2 aromatic carbocycles. The number of carbonyl (C=O) groups excluding carboxylic acids is 4. The molecule has 0 aromatic heterocycles. The molecule has 44 heavy (non-hydrogen) atoms. The zero-order valence-electron chi connectivity index (χ0n) is 25.7. The van der Waals surface area contributed by atoms with Gasteiger partial charge >= 0.3 is 18.2 Å². The van der Waals surface area contributed by atoms with Crippen LogP contribution in [0, 0.1) is 11.6 Å². The van der Waals surface area contributed by atoms with E-state index in [1.807, 2.05) is 0 Å². The summed E-state index contributed by atoms with van der Waals surface area (Å²) in [4.78, 5) is 50.6. The molecule has 5 amide bonds. The molecule has 14 heteroatoms. The maximum Gasteiger partial charge on any atom is 0.419 e. The molecule has 0 aliphatic carbocycles. The number of thioether (sulfide) groups is 1. The highest BCUT2D eigenvalue weighted by atomic mass is 32.2. The van der Waals surface area contributed by atoms with Gasteiger partial charge in [0.05, 0.1) is 0 Å². The SMILES string of the molecule is CC(=O)NNC(=O)N1N=C(c2cc(F)ccc2F)SC1(CCCN(C(=O)OC(C)(C)C)C(=O)OC(C)(C)C)c1ccccc1. The van der Waals surface area contributed by atoms with E-state index in [9.17, 15) is 28.0 Å². The predicted molar refractivity (Wildman–Crippen MR) is 161 cm³/mol. The molecule has 0 saturated heterocycles. The van der Waals surface area contributed by atoms with Crippen molar-refractivity contribution in [2.45, 2.75) is 77.4 Å². The molecule has 2 aromatic rings. The van der Waals surface area contributed by atoms with Crippen molar-refractivity contribution in [1.29, 1.82) is 0 Å². The lowest BCUT2D eigenvalue weighted by molar-refractivity contribution is -0.119. The first-order chi connectivity index (χ1) is 20.4. The third kappa shape index (κ3) is 8.91. The summed E-state index contributed by atoms with van der Waals surface area (Å²) in [5, 5.41) is 5.41. The third-order valence-corrected chi connectivity index (χ3v) is 7.29. The molecule has 1 heterocycles. The van der Waals surface area contributed by atoms with Crippen LogP contribution in [0.4, 0.5) is 23.2 Å². The molecule has 1 aliphatic rings. The molecule has 238 valence electrons. The number of carbonyl (C=O) groups is 4. The average molecular weight is 634 g/mol. The highest BCUT2D eigenvalue weighted by Crippen LogP contribution is 2.50. The van der Waals surface area contributed by atoms with Crippen LogP contribution in [0.3, 0.4) is 0 Å². The van der Waals surface area contributed by atoms with Crippen molar-refractivity contribution in [2.75, 3.05) is 6.54 Å². The minimum absolute atomic E-state index is 0.0000289. The van der Waals surface area contributed by atoms with Gasteiger partial charge in [0.2, 0.25) is 5.91 Å². The normalized spacial score (nSPS) is 16.6. The Morgan fingerprint density at radius 1 is 0.932 bits per heavy atom. The van der Waals surface area contributed by atoms with Gasteiger partial charge in [-0.25, -0.2) is 33.5 Å². The molecule has 1 unspecified atom stereocenters. The van der Waals surface area contributed by atoms with Crippen LogP contribution >= 0.6 is 11.8 Å². The Bertz CT molecular complexity index is 1400. The van der Waals surface area contributed by atoms with Gasteiger partial charge in [0, 0.05) is 19.0 Å². The van der Waals surface area contributed by atoms with Crippen LogP contribution in [0.15, 0.2) is 53.6 Å². The highest BCUT2D eigenvalue weighted by molar-refractivity contribution is 8.15. The van der Waals surface area contributed by atoms with Crippen molar-refractivity contribution in [3.63, 3.8) is 0 Å². The number of hydrazine groups is 1. The van der Waals surface area contributed by atoms with E-state index in [-0.39, 0.29) is 30.0 Å². The van der Waals surface area contributed by atoms with Crippen LogP contribution in [-0.4, -0.2) is 56.8 Å². The van der Waals surface area contributed by atoms with Crippen molar-refractivity contribution in [1.82, 2.24) is 20.8 Å². The minimum Gasteiger partial charge on any atom is -0.443 e. The number of urea groups is 1. The van der Waals surface area contributed by atoms with Crippen molar-refractivity contribution in [2.24, 2.45) is 5.10 Å². The molecule has 11 nitrogen and oxygen atoms in total. The van der Waals surface area contributed by atoms with E-state index < -0.39 is 51.8 Å². The number of imide groups is 1. The highest BCUT2D eigenvalue weighted by Gasteiger charge is 2.49. The number of nitrogens with zero attached hydrogens (tertiary/aromatic N) is 3. The Labute approximate surface area is 259 Å². The minimum atomic E-state index is -1.38. The lowest BCUT2D eigenvalue weighted by Crippen LogP contribution is -2.52. The van der Waals surface area contributed by atoms with Crippen molar-refractivity contribution in [3.8, 4) is 0 Å². The van der Waals surface area contributed by atoms with E-state index in [4.69, 9.17) is 9.47 Å². The fourth-order valence-corrected chi connectivity index (χ4v) is 5.54. The zero-order valence-corrected chi connectivity index (χ0v) is 26.5. The first-order valence-electron chi connectivity index (χ1n) is 13.8. The zero-order chi connectivity index (χ0) is 32.9. The monoisotopic (exact) mass is 633 g/mol. The van der Waals surface area contributed by atoms with E-state index in [1.54, 1.807) is 71.9 Å². The number of hydrogen-bond acceptors (Lipinski definition) is 8. The molecular weight excluding hydrogens is 596 g/mol. The molecule has 1 aliphatic heterocycles. The van der Waals surface area contributed by atoms with E-state index in [0.717, 1.165) is 39.9 Å². The van der Waals surface area contributed by atoms with Crippen LogP contribution in [0.2, 0.25) is 0 Å². The van der Waals surface area contributed by atoms with Gasteiger partial charge in [-0.3, -0.25) is 10.2 Å². The first kappa shape index (κ1) is 34.3. The third-order valence-electron chi connectivity index (χ3n) is 5.85. The number of nitrogens with one attached hydrogen (secondary N) is 2. The topological polar surface area (TPSA) is 130 Å². The fourth-order valence-electron chi connectivity index (χ4n) is 4.12. The summed E-state index contributed by atoms with van der Waals surface area (Å²) in [7, 11) is 0. The van der Waals surface area contributed by atoms with Gasteiger partial charge in [-0.1, -0.05) is 42.1 Å². The van der Waals surface area contributed by atoms with Gasteiger partial charge in [-0.15, -0.1) is 0 Å².